The van der Waals surface area contributed by atoms with Crippen molar-refractivity contribution in [2.24, 2.45) is 0 Å². The summed E-state index contributed by atoms with van der Waals surface area (Å²) in [5, 5.41) is 9.14. The Morgan fingerprint density at radius 2 is 2.08 bits per heavy atom. The van der Waals surface area contributed by atoms with E-state index in [0.717, 1.165) is 4.57 Å². The van der Waals surface area contributed by atoms with Gasteiger partial charge in [-0.05, 0) is 13.8 Å². The van der Waals surface area contributed by atoms with E-state index >= 15 is 0 Å². The third-order valence-electron chi connectivity index (χ3n) is 1.66. The molecule has 0 atom stereocenters. The summed E-state index contributed by atoms with van der Waals surface area (Å²) in [5.41, 5.74) is -0.925. The van der Waals surface area contributed by atoms with Crippen LogP contribution in [0.5, 0.6) is 5.75 Å². The first-order valence-corrected chi connectivity index (χ1v) is 3.60. The van der Waals surface area contributed by atoms with Gasteiger partial charge in [0.05, 0.1) is 5.69 Å². The number of rotatable bonds is 1. The third kappa shape index (κ3) is 1.13. The van der Waals surface area contributed by atoms with Gasteiger partial charge in [-0.3, -0.25) is 9.36 Å². The Balaban J connectivity index is 3.64. The topological polar surface area (TPSA) is 75.1 Å². The lowest BCUT2D eigenvalue weighted by Crippen LogP contribution is -2.34. The monoisotopic (exact) mass is 170 g/mol. The smallest absolute Gasteiger partial charge is 0.328 e. The van der Waals surface area contributed by atoms with Gasteiger partial charge in [0.25, 0.3) is 5.56 Å². The molecule has 0 unspecified atom stereocenters. The second-order valence-electron chi connectivity index (χ2n) is 2.45. The Morgan fingerprint density at radius 1 is 1.50 bits per heavy atom. The summed E-state index contributed by atoms with van der Waals surface area (Å²) in [4.78, 5) is 24.5. The van der Waals surface area contributed by atoms with Crippen molar-refractivity contribution in [2.45, 2.75) is 20.4 Å². The van der Waals surface area contributed by atoms with E-state index in [4.69, 9.17) is 5.11 Å². The number of hydrogen-bond acceptors (Lipinski definition) is 3. The zero-order chi connectivity index (χ0) is 9.30. The Morgan fingerprint density at radius 3 is 2.58 bits per heavy atom. The van der Waals surface area contributed by atoms with Crippen molar-refractivity contribution >= 4 is 0 Å². The SMILES string of the molecule is CCn1c(=O)[nH]c(C)c(O)c1=O. The van der Waals surface area contributed by atoms with E-state index in [0.29, 0.717) is 0 Å². The largest absolute Gasteiger partial charge is 0.502 e. The van der Waals surface area contributed by atoms with Crippen molar-refractivity contribution in [3.05, 3.63) is 26.5 Å². The van der Waals surface area contributed by atoms with Gasteiger partial charge in [-0.15, -0.1) is 0 Å². The van der Waals surface area contributed by atoms with Crippen LogP contribution in [0.3, 0.4) is 0 Å². The summed E-state index contributed by atoms with van der Waals surface area (Å²) in [5.74, 6) is -0.392. The van der Waals surface area contributed by atoms with E-state index in [2.05, 4.69) is 4.98 Å². The standard InChI is InChI=1S/C7H10N2O3/c1-3-9-6(11)5(10)4(2)8-7(9)12/h10H,3H2,1-2H3,(H,8,12). The second-order valence-corrected chi connectivity index (χ2v) is 2.45. The van der Waals surface area contributed by atoms with E-state index in [1.54, 1.807) is 6.92 Å². The first-order chi connectivity index (χ1) is 5.57. The summed E-state index contributed by atoms with van der Waals surface area (Å²) in [7, 11) is 0. The molecule has 5 nitrogen and oxygen atoms in total. The average molecular weight is 170 g/mol. The maximum Gasteiger partial charge on any atom is 0.328 e. The Labute approximate surface area is 68.3 Å². The predicted molar refractivity (Wildman–Crippen MR) is 43.4 cm³/mol. The van der Waals surface area contributed by atoms with Crippen LogP contribution < -0.4 is 11.2 Å². The lowest BCUT2D eigenvalue weighted by molar-refractivity contribution is 0.444. The summed E-state index contributed by atoms with van der Waals surface area (Å²) in [6, 6.07) is 0. The van der Waals surface area contributed by atoms with Gasteiger partial charge in [-0.1, -0.05) is 0 Å². The fraction of sp³-hybridized carbons (Fsp3) is 0.429. The van der Waals surface area contributed by atoms with E-state index in [9.17, 15) is 9.59 Å². The number of aromatic nitrogens is 2. The van der Waals surface area contributed by atoms with Crippen molar-refractivity contribution in [1.82, 2.24) is 9.55 Å². The van der Waals surface area contributed by atoms with Crippen LogP contribution in [0.4, 0.5) is 0 Å². The highest BCUT2D eigenvalue weighted by molar-refractivity contribution is 5.20. The van der Waals surface area contributed by atoms with Crippen LogP contribution in [0, 0.1) is 6.92 Å². The van der Waals surface area contributed by atoms with Gasteiger partial charge in [-0.25, -0.2) is 4.79 Å². The van der Waals surface area contributed by atoms with Crippen molar-refractivity contribution < 1.29 is 5.11 Å². The van der Waals surface area contributed by atoms with E-state index in [-0.39, 0.29) is 12.2 Å². The van der Waals surface area contributed by atoms with Gasteiger partial charge >= 0.3 is 5.69 Å². The van der Waals surface area contributed by atoms with Crippen LogP contribution in [0.1, 0.15) is 12.6 Å². The fourth-order valence-corrected chi connectivity index (χ4v) is 0.955. The van der Waals surface area contributed by atoms with E-state index < -0.39 is 17.0 Å². The molecular weight excluding hydrogens is 160 g/mol. The number of aromatic amines is 1. The quantitative estimate of drug-likeness (QED) is 0.600. The van der Waals surface area contributed by atoms with Crippen molar-refractivity contribution in [2.75, 3.05) is 0 Å². The molecule has 2 N–H and O–H groups in total. The van der Waals surface area contributed by atoms with Crippen LogP contribution in [-0.2, 0) is 6.54 Å². The van der Waals surface area contributed by atoms with Gasteiger partial charge < -0.3 is 10.1 Å². The molecule has 0 bridgehead atoms. The summed E-state index contributed by atoms with van der Waals surface area (Å²) in [6.07, 6.45) is 0. The van der Waals surface area contributed by atoms with Gasteiger partial charge in [-0.2, -0.15) is 0 Å². The molecule has 1 rings (SSSR count). The lowest BCUT2D eigenvalue weighted by Gasteiger charge is -2.02. The molecule has 5 heteroatoms. The van der Waals surface area contributed by atoms with Crippen LogP contribution in [0.15, 0.2) is 9.59 Å². The number of nitrogens with one attached hydrogen (secondary N) is 1. The Kier molecular flexibility index (Phi) is 2.03. The first-order valence-electron chi connectivity index (χ1n) is 3.60. The molecule has 1 heterocycles. The van der Waals surface area contributed by atoms with Crippen molar-refractivity contribution in [1.29, 1.82) is 0 Å². The van der Waals surface area contributed by atoms with Crippen molar-refractivity contribution in [3.8, 4) is 5.75 Å². The molecular formula is C7H10N2O3. The van der Waals surface area contributed by atoms with Gasteiger partial charge in [0.1, 0.15) is 0 Å². The third-order valence-corrected chi connectivity index (χ3v) is 1.66. The molecule has 1 aromatic heterocycles. The Bertz CT molecular complexity index is 402. The minimum atomic E-state index is -0.640. The van der Waals surface area contributed by atoms with E-state index in [1.165, 1.54) is 6.92 Å². The molecule has 0 aromatic carbocycles. The molecule has 1 aromatic rings. The normalized spacial score (nSPS) is 10.2. The molecule has 0 saturated carbocycles. The van der Waals surface area contributed by atoms with Gasteiger partial charge in [0.15, 0.2) is 0 Å². The number of aryl methyl sites for hydroxylation is 1. The highest BCUT2D eigenvalue weighted by atomic mass is 16.3. The van der Waals surface area contributed by atoms with Crippen LogP contribution in [0.2, 0.25) is 0 Å². The first kappa shape index (κ1) is 8.58. The van der Waals surface area contributed by atoms with Crippen LogP contribution in [-0.4, -0.2) is 14.7 Å². The molecule has 0 fully saturated rings. The molecule has 0 saturated heterocycles. The maximum absolute atomic E-state index is 11.1. The van der Waals surface area contributed by atoms with E-state index in [1.807, 2.05) is 0 Å². The van der Waals surface area contributed by atoms with Crippen LogP contribution >= 0.6 is 0 Å². The highest BCUT2D eigenvalue weighted by Crippen LogP contribution is 2.01. The molecule has 66 valence electrons. The number of H-pyrrole nitrogens is 1. The molecule has 0 aliphatic carbocycles. The summed E-state index contributed by atoms with van der Waals surface area (Å²) >= 11 is 0. The zero-order valence-electron chi connectivity index (χ0n) is 6.92. The van der Waals surface area contributed by atoms with Crippen molar-refractivity contribution in [3.63, 3.8) is 0 Å². The summed E-state index contributed by atoms with van der Waals surface area (Å²) < 4.78 is 0.933. The van der Waals surface area contributed by atoms with Gasteiger partial charge in [0, 0.05) is 6.54 Å². The van der Waals surface area contributed by atoms with Crippen LogP contribution in [0.25, 0.3) is 0 Å². The minimum absolute atomic E-state index is 0.203. The number of aromatic hydroxyl groups is 1. The fourth-order valence-electron chi connectivity index (χ4n) is 0.955. The highest BCUT2D eigenvalue weighted by Gasteiger charge is 2.07. The molecule has 12 heavy (non-hydrogen) atoms. The molecule has 0 aliphatic rings. The zero-order valence-corrected chi connectivity index (χ0v) is 6.92. The molecule has 0 spiro atoms. The Hall–Kier alpha value is -1.52. The molecule has 0 aliphatic heterocycles. The maximum atomic E-state index is 11.1. The lowest BCUT2D eigenvalue weighted by atomic mass is 10.4. The molecule has 0 radical (unpaired) electrons. The summed E-state index contributed by atoms with van der Waals surface area (Å²) in [6.45, 7) is 3.38. The molecule has 0 amide bonds. The van der Waals surface area contributed by atoms with Gasteiger partial charge in [0.2, 0.25) is 5.75 Å². The minimum Gasteiger partial charge on any atom is -0.502 e. The second kappa shape index (κ2) is 2.84. The average Bonchev–Trinajstić information content (AvgIpc) is 2.01. The number of hydrogen-bond donors (Lipinski definition) is 2. The number of nitrogens with zero attached hydrogens (tertiary/aromatic N) is 1. The predicted octanol–water partition coefficient (Wildman–Crippen LogP) is -0.429.